The normalized spacial score (nSPS) is 11.0. The van der Waals surface area contributed by atoms with Crippen molar-refractivity contribution in [2.75, 3.05) is 5.32 Å². The number of carboxylic acid groups (broad SMARTS) is 1. The predicted octanol–water partition coefficient (Wildman–Crippen LogP) is 2.31. The zero-order chi connectivity index (χ0) is 16.3. The van der Waals surface area contributed by atoms with Gasteiger partial charge in [-0.05, 0) is 45.0 Å². The molecule has 8 nitrogen and oxygen atoms in total. The minimum atomic E-state index is -1.19. The summed E-state index contributed by atoms with van der Waals surface area (Å²) in [6, 6.07) is 6.66. The van der Waals surface area contributed by atoms with Crippen LogP contribution in [-0.4, -0.2) is 37.5 Å². The number of anilines is 1. The number of amides is 1. The number of nitrogens with one attached hydrogen (secondary N) is 1. The maximum Gasteiger partial charge on any atom is 0.412 e. The van der Waals surface area contributed by atoms with Crippen LogP contribution in [0.2, 0.25) is 0 Å². The number of aromatic nitrogens is 3. The van der Waals surface area contributed by atoms with Crippen LogP contribution >= 0.6 is 0 Å². The fourth-order valence-electron chi connectivity index (χ4n) is 1.60. The molecule has 1 aromatic heterocycles. The van der Waals surface area contributed by atoms with Crippen molar-refractivity contribution in [1.82, 2.24) is 14.8 Å². The molecular formula is C14H16N4O4. The largest absolute Gasteiger partial charge is 0.475 e. The molecule has 2 N–H and O–H groups in total. The number of carbonyl (C=O) groups is 2. The summed E-state index contributed by atoms with van der Waals surface area (Å²) < 4.78 is 6.48. The smallest absolute Gasteiger partial charge is 0.412 e. The Labute approximate surface area is 126 Å². The minimum absolute atomic E-state index is 0.282. The molecule has 1 heterocycles. The molecular weight excluding hydrogens is 288 g/mol. The molecule has 0 aliphatic heterocycles. The van der Waals surface area contributed by atoms with E-state index in [0.717, 1.165) is 0 Å². The lowest BCUT2D eigenvalue weighted by molar-refractivity contribution is 0.0633. The first-order valence-electron chi connectivity index (χ1n) is 6.50. The molecule has 0 spiro atoms. The van der Waals surface area contributed by atoms with Crippen LogP contribution in [0.4, 0.5) is 10.5 Å². The van der Waals surface area contributed by atoms with E-state index >= 15 is 0 Å². The van der Waals surface area contributed by atoms with E-state index in [9.17, 15) is 9.59 Å². The summed E-state index contributed by atoms with van der Waals surface area (Å²) in [5.74, 6) is -1.47. The van der Waals surface area contributed by atoms with Crippen LogP contribution in [0.15, 0.2) is 30.6 Å². The van der Waals surface area contributed by atoms with Crippen molar-refractivity contribution in [3.63, 3.8) is 0 Å². The van der Waals surface area contributed by atoms with Crippen LogP contribution in [0.3, 0.4) is 0 Å². The fourth-order valence-corrected chi connectivity index (χ4v) is 1.60. The molecule has 0 radical (unpaired) electrons. The fraction of sp³-hybridized carbons (Fsp3) is 0.286. The summed E-state index contributed by atoms with van der Waals surface area (Å²) in [4.78, 5) is 26.0. The maximum atomic E-state index is 11.6. The lowest BCUT2D eigenvalue weighted by Crippen LogP contribution is -2.27. The molecule has 0 saturated heterocycles. The standard InChI is InChI=1S/C14H16N4O4/c1-14(2,3)22-13(21)16-9-4-6-10(7-5-9)18-8-15-11(17-18)12(19)20/h4-8H,1-3H3,(H,16,21)(H,19,20). The van der Waals surface area contributed by atoms with E-state index in [0.29, 0.717) is 11.4 Å². The van der Waals surface area contributed by atoms with Crippen molar-refractivity contribution < 1.29 is 19.4 Å². The highest BCUT2D eigenvalue weighted by molar-refractivity contribution is 5.85. The molecule has 116 valence electrons. The molecule has 0 saturated carbocycles. The van der Waals surface area contributed by atoms with Crippen LogP contribution in [-0.2, 0) is 4.74 Å². The van der Waals surface area contributed by atoms with E-state index in [4.69, 9.17) is 9.84 Å². The van der Waals surface area contributed by atoms with Crippen molar-refractivity contribution in [2.45, 2.75) is 26.4 Å². The van der Waals surface area contributed by atoms with E-state index < -0.39 is 17.7 Å². The van der Waals surface area contributed by atoms with Crippen molar-refractivity contribution in [1.29, 1.82) is 0 Å². The van der Waals surface area contributed by atoms with Gasteiger partial charge >= 0.3 is 12.1 Å². The number of rotatable bonds is 3. The van der Waals surface area contributed by atoms with E-state index in [1.807, 2.05) is 0 Å². The molecule has 1 aromatic carbocycles. The first-order chi connectivity index (χ1) is 10.2. The highest BCUT2D eigenvalue weighted by atomic mass is 16.6. The molecule has 2 rings (SSSR count). The van der Waals surface area contributed by atoms with Crippen molar-refractivity contribution in [3.05, 3.63) is 36.4 Å². The van der Waals surface area contributed by atoms with Gasteiger partial charge in [0.15, 0.2) is 0 Å². The average molecular weight is 304 g/mol. The molecule has 0 unspecified atom stereocenters. The summed E-state index contributed by atoms with van der Waals surface area (Å²) in [7, 11) is 0. The minimum Gasteiger partial charge on any atom is -0.475 e. The van der Waals surface area contributed by atoms with Crippen LogP contribution in [0, 0.1) is 0 Å². The quantitative estimate of drug-likeness (QED) is 0.901. The Morgan fingerprint density at radius 3 is 2.36 bits per heavy atom. The van der Waals surface area contributed by atoms with Gasteiger partial charge in [-0.3, -0.25) is 5.32 Å². The SMILES string of the molecule is CC(C)(C)OC(=O)Nc1ccc(-n2cnc(C(=O)O)n2)cc1. The molecule has 8 heteroatoms. The van der Waals surface area contributed by atoms with Gasteiger partial charge in [0.25, 0.3) is 5.82 Å². The van der Waals surface area contributed by atoms with Crippen LogP contribution in [0.1, 0.15) is 31.4 Å². The van der Waals surface area contributed by atoms with Crippen LogP contribution in [0.25, 0.3) is 5.69 Å². The number of hydrogen-bond acceptors (Lipinski definition) is 5. The second-order valence-corrected chi connectivity index (χ2v) is 5.49. The molecule has 0 bridgehead atoms. The van der Waals surface area contributed by atoms with Gasteiger partial charge in [-0.25, -0.2) is 19.3 Å². The first-order valence-corrected chi connectivity index (χ1v) is 6.50. The lowest BCUT2D eigenvalue weighted by Gasteiger charge is -2.19. The van der Waals surface area contributed by atoms with Crippen molar-refractivity contribution in [3.8, 4) is 5.69 Å². The van der Waals surface area contributed by atoms with Gasteiger partial charge in [0, 0.05) is 5.69 Å². The van der Waals surface area contributed by atoms with Gasteiger partial charge in [-0.15, -0.1) is 5.10 Å². The third kappa shape index (κ3) is 4.05. The van der Waals surface area contributed by atoms with Crippen molar-refractivity contribution in [2.24, 2.45) is 0 Å². The number of hydrogen-bond donors (Lipinski definition) is 2. The Balaban J connectivity index is 2.06. The van der Waals surface area contributed by atoms with Gasteiger partial charge in [-0.1, -0.05) is 0 Å². The van der Waals surface area contributed by atoms with Gasteiger partial charge in [0.2, 0.25) is 0 Å². The number of benzene rings is 1. The third-order valence-corrected chi connectivity index (χ3v) is 2.46. The summed E-state index contributed by atoms with van der Waals surface area (Å²) in [5, 5.41) is 15.2. The summed E-state index contributed by atoms with van der Waals surface area (Å²) in [6.07, 6.45) is 0.758. The molecule has 1 amide bonds. The zero-order valence-corrected chi connectivity index (χ0v) is 12.4. The number of carbonyl (C=O) groups excluding carboxylic acids is 1. The molecule has 2 aromatic rings. The number of carboxylic acids is 1. The lowest BCUT2D eigenvalue weighted by atomic mass is 10.2. The Kier molecular flexibility index (Phi) is 4.11. The van der Waals surface area contributed by atoms with Gasteiger partial charge < -0.3 is 9.84 Å². The van der Waals surface area contributed by atoms with E-state index in [1.54, 1.807) is 45.0 Å². The predicted molar refractivity (Wildman–Crippen MR) is 78.2 cm³/mol. The van der Waals surface area contributed by atoms with E-state index in [1.165, 1.54) is 11.0 Å². The zero-order valence-electron chi connectivity index (χ0n) is 12.4. The average Bonchev–Trinajstić information content (AvgIpc) is 2.87. The highest BCUT2D eigenvalue weighted by Crippen LogP contribution is 2.14. The summed E-state index contributed by atoms with van der Waals surface area (Å²) in [6.45, 7) is 5.33. The highest BCUT2D eigenvalue weighted by Gasteiger charge is 2.16. The number of aromatic carboxylic acids is 1. The second-order valence-electron chi connectivity index (χ2n) is 5.49. The molecule has 0 aliphatic carbocycles. The molecule has 0 atom stereocenters. The molecule has 22 heavy (non-hydrogen) atoms. The van der Waals surface area contributed by atoms with Gasteiger partial charge in [0.05, 0.1) is 5.69 Å². The Morgan fingerprint density at radius 2 is 1.86 bits per heavy atom. The van der Waals surface area contributed by atoms with Gasteiger partial charge in [0.1, 0.15) is 11.9 Å². The molecule has 0 fully saturated rings. The van der Waals surface area contributed by atoms with E-state index in [-0.39, 0.29) is 5.82 Å². The monoisotopic (exact) mass is 304 g/mol. The number of nitrogens with zero attached hydrogens (tertiary/aromatic N) is 3. The molecule has 0 aliphatic rings. The second kappa shape index (κ2) is 5.84. The van der Waals surface area contributed by atoms with E-state index in [2.05, 4.69) is 15.4 Å². The van der Waals surface area contributed by atoms with Gasteiger partial charge in [-0.2, -0.15) is 0 Å². The Morgan fingerprint density at radius 1 is 1.23 bits per heavy atom. The van der Waals surface area contributed by atoms with Crippen LogP contribution < -0.4 is 5.32 Å². The Bertz CT molecular complexity index is 686. The number of ether oxygens (including phenoxy) is 1. The van der Waals surface area contributed by atoms with Crippen LogP contribution in [0.5, 0.6) is 0 Å². The van der Waals surface area contributed by atoms with Crippen molar-refractivity contribution >= 4 is 17.7 Å². The Hall–Kier alpha value is -2.90. The first kappa shape index (κ1) is 15.5. The maximum absolute atomic E-state index is 11.6. The summed E-state index contributed by atoms with van der Waals surface area (Å²) in [5.41, 5.74) is 0.601. The third-order valence-electron chi connectivity index (χ3n) is 2.46. The topological polar surface area (TPSA) is 106 Å². The summed E-state index contributed by atoms with van der Waals surface area (Å²) >= 11 is 0.